The Morgan fingerprint density at radius 1 is 0.318 bits per heavy atom. The Labute approximate surface area is 541 Å². The van der Waals surface area contributed by atoms with Crippen molar-refractivity contribution in [2.24, 2.45) is 0 Å². The molecule has 2 fully saturated rings. The highest BCUT2D eigenvalue weighted by Crippen LogP contribution is 2.59. The molecule has 476 valence electrons. The summed E-state index contributed by atoms with van der Waals surface area (Å²) in [6.07, 6.45) is 2.75. The average molecular weight is 1270 g/mol. The fourth-order valence-corrected chi connectivity index (χ4v) is 19.7. The van der Waals surface area contributed by atoms with Gasteiger partial charge in [-0.25, -0.2) is 0 Å². The zero-order valence-electron chi connectivity index (χ0n) is 58.3. The van der Waals surface area contributed by atoms with Crippen molar-refractivity contribution in [3.05, 3.63) is 186 Å². The Morgan fingerprint density at radius 2 is 0.477 bits per heavy atom. The zero-order valence-corrected chi connectivity index (χ0v) is 61.7. The van der Waals surface area contributed by atoms with Gasteiger partial charge in [0.05, 0.1) is 12.2 Å². The van der Waals surface area contributed by atoms with Gasteiger partial charge in [0.15, 0.2) is 0 Å². The van der Waals surface area contributed by atoms with E-state index in [0.29, 0.717) is 23.0 Å². The average Bonchev–Trinajstić information content (AvgIpc) is 1.10. The summed E-state index contributed by atoms with van der Waals surface area (Å²) in [5, 5.41) is 0. The highest BCUT2D eigenvalue weighted by atomic mass is 32.5. The van der Waals surface area contributed by atoms with Crippen molar-refractivity contribution >= 4 is 37.1 Å². The topological polar surface area (TPSA) is 61.9 Å². The van der Waals surface area contributed by atoms with E-state index < -0.39 is 13.4 Å². The van der Waals surface area contributed by atoms with Crippen LogP contribution in [0, 0.1) is 55.4 Å². The van der Waals surface area contributed by atoms with E-state index in [1.807, 2.05) is 0 Å². The van der Waals surface area contributed by atoms with Gasteiger partial charge in [-0.1, -0.05) is 152 Å². The number of rotatable bonds is 4. The molecule has 0 spiro atoms. The third kappa shape index (κ3) is 13.1. The smallest absolute Gasteiger partial charge is 0.415 e. The Hall–Kier alpha value is -4.34. The molecule has 18 aliphatic heterocycles. The van der Waals surface area contributed by atoms with Crippen LogP contribution in [-0.4, -0.2) is 58.3 Å². The quantitative estimate of drug-likeness (QED) is 0.160. The van der Waals surface area contributed by atoms with E-state index in [-0.39, 0.29) is 56.0 Å². The number of likely N-dealkylation sites (tertiary alicyclic amines) is 2. The number of hydrogen-bond acceptors (Lipinski definition) is 10. The van der Waals surface area contributed by atoms with Crippen molar-refractivity contribution in [1.29, 1.82) is 0 Å². The summed E-state index contributed by atoms with van der Waals surface area (Å²) >= 11 is 13.4. The Balaban J connectivity index is 1.17. The van der Waals surface area contributed by atoms with Crippen LogP contribution in [0.15, 0.2) is 97.1 Å². The third-order valence-corrected chi connectivity index (χ3v) is 25.4. The second-order valence-corrected chi connectivity index (χ2v) is 36.9. The van der Waals surface area contributed by atoms with Gasteiger partial charge < -0.3 is 18.1 Å². The first kappa shape index (κ1) is 68.0. The summed E-state index contributed by atoms with van der Waals surface area (Å²) < 4.78 is 43.3. The molecule has 18 heterocycles. The van der Waals surface area contributed by atoms with Crippen LogP contribution in [0.25, 0.3) is 0 Å². The first-order chi connectivity index (χ1) is 40.3. The van der Waals surface area contributed by atoms with Crippen LogP contribution in [0.5, 0.6) is 23.0 Å². The zero-order chi connectivity index (χ0) is 65.2. The number of aryl methyl sites for hydroxylation is 8. The Morgan fingerprint density at radius 3 is 0.636 bits per heavy atom. The van der Waals surface area contributed by atoms with E-state index in [4.69, 9.17) is 50.8 Å². The molecule has 6 aromatic carbocycles. The van der Waals surface area contributed by atoms with Crippen LogP contribution >= 0.6 is 13.4 Å². The van der Waals surface area contributed by atoms with E-state index in [9.17, 15) is 0 Å². The third-order valence-electron chi connectivity index (χ3n) is 21.3. The number of piperidine rings is 2. The van der Waals surface area contributed by atoms with E-state index >= 15 is 0 Å². The van der Waals surface area contributed by atoms with Gasteiger partial charge in [-0.3, -0.25) is 18.8 Å². The van der Waals surface area contributed by atoms with Crippen LogP contribution in [0.4, 0.5) is 0 Å². The number of benzene rings is 6. The second-order valence-electron chi connectivity index (χ2n) is 31.3. The molecule has 6 aromatic rings. The molecule has 24 rings (SSSR count). The van der Waals surface area contributed by atoms with Crippen LogP contribution < -0.4 is 18.1 Å². The molecule has 0 unspecified atom stereocenters. The van der Waals surface area contributed by atoms with Gasteiger partial charge >= 0.3 is 13.4 Å². The highest BCUT2D eigenvalue weighted by Gasteiger charge is 2.48. The molecule has 88 heavy (non-hydrogen) atoms. The molecule has 0 radical (unpaired) electrons. The monoisotopic (exact) mass is 1270 g/mol. The van der Waals surface area contributed by atoms with Crippen molar-refractivity contribution in [3.8, 4) is 23.0 Å². The second kappa shape index (κ2) is 23.3. The maximum absolute atomic E-state index is 7.23. The first-order valence-corrected chi connectivity index (χ1v) is 37.0. The summed E-state index contributed by atoms with van der Waals surface area (Å²) in [5.41, 5.74) is 15.4. The lowest BCUT2D eigenvalue weighted by atomic mass is 9.74. The maximum Gasteiger partial charge on any atom is 0.435 e. The van der Waals surface area contributed by atoms with Gasteiger partial charge in [-0.15, -0.1) is 0 Å². The maximum atomic E-state index is 7.23. The van der Waals surface area contributed by atoms with Crippen molar-refractivity contribution in [2.45, 2.75) is 248 Å². The Kier molecular flexibility index (Phi) is 18.0. The summed E-state index contributed by atoms with van der Waals surface area (Å²) in [4.78, 5) is 4.92. The lowest BCUT2D eigenvalue weighted by Gasteiger charge is -2.53. The molecular formula is C76H104N2O6P2S2. The molecule has 2 saturated heterocycles. The van der Waals surface area contributed by atoms with Crippen LogP contribution in [0.3, 0.4) is 0 Å². The van der Waals surface area contributed by atoms with Crippen LogP contribution in [0.1, 0.15) is 225 Å². The lowest BCUT2D eigenvalue weighted by Crippen LogP contribution is -2.60. The SMILES string of the molecule is Cc1cc2cc(C)c1OP(=S)(OC1CC(C)(C)N(C)C(C)(C)C1)Oc1c(C)cc(cc1C)C(C)(C)c1ccc(cc1)C(C)(C)c1cc(C)c(c(C)c1)OP(=S)(OC1CC(C)(C)N(C)C(C)(C)C1)Oc1c(C)cc(cc1C)C(C)(C)c1ccc(cc1)C2(C)C. The van der Waals surface area contributed by atoms with Gasteiger partial charge in [0.1, 0.15) is 23.0 Å². The molecule has 12 heteroatoms. The first-order valence-electron chi connectivity index (χ1n) is 31.8. The van der Waals surface area contributed by atoms with E-state index in [2.05, 4.69) is 287 Å². The standard InChI is InChI=1S/C76H104N2O6P2S2/c1-47-35-59-36-48(2)65(47)81-85(87,79-63-43-69(9,10)77(25)70(11,12)44-63)82-66-49(3)37-60(38-50(66)4)75(21,22)57-31-33-58(34-32-57)76(23,24)62-41-53(7)68(54(8)42-62)84-86(88,80-64-45-71(13,14)78(26)72(15,16)46-64)83-67-51(5)39-61(40-52(67)6)74(19,20)56-29-27-55(28-30-56)73(59,17)18/h27-42,63-64H,43-46H2,1-26H3. The molecular weight excluding hydrogens is 1160 g/mol. The van der Waals surface area contributed by atoms with Gasteiger partial charge in [0.25, 0.3) is 0 Å². The molecule has 0 aliphatic carbocycles. The van der Waals surface area contributed by atoms with Crippen LogP contribution in [-0.2, 0) is 54.3 Å². The van der Waals surface area contributed by atoms with Crippen LogP contribution in [0.2, 0.25) is 0 Å². The predicted octanol–water partition coefficient (Wildman–Crippen LogP) is 20.5. The normalized spacial score (nSPS) is 24.1. The lowest BCUT2D eigenvalue weighted by molar-refractivity contribution is -0.0580. The molecule has 0 aromatic heterocycles. The number of hydrogen-bond donors (Lipinski definition) is 0. The summed E-state index contributed by atoms with van der Waals surface area (Å²) in [6, 6.07) is 36.4. The van der Waals surface area contributed by atoms with E-state index in [1.165, 1.54) is 44.5 Å². The number of nitrogens with zero attached hydrogens (tertiary/aromatic N) is 2. The van der Waals surface area contributed by atoms with Crippen molar-refractivity contribution < 1.29 is 27.1 Å². The molecule has 0 amide bonds. The molecule has 8 nitrogen and oxygen atoms in total. The van der Waals surface area contributed by atoms with Gasteiger partial charge in [-0.05, 0) is 240 Å². The largest absolute Gasteiger partial charge is 0.435 e. The van der Waals surface area contributed by atoms with E-state index in [0.717, 1.165) is 70.2 Å². The molecule has 18 aliphatic rings. The van der Waals surface area contributed by atoms with Gasteiger partial charge in [0.2, 0.25) is 0 Å². The highest BCUT2D eigenvalue weighted by molar-refractivity contribution is 8.08. The fraction of sp³-hybridized carbons (Fsp3) is 0.526. The summed E-state index contributed by atoms with van der Waals surface area (Å²) in [5.74, 6) is 2.83. The summed E-state index contributed by atoms with van der Waals surface area (Å²) in [7, 11) is 4.43. The minimum absolute atomic E-state index is 0.143. The van der Waals surface area contributed by atoms with Crippen molar-refractivity contribution in [2.75, 3.05) is 14.1 Å². The molecule has 12 bridgehead atoms. The molecule has 0 N–H and O–H groups in total. The predicted molar refractivity (Wildman–Crippen MR) is 376 cm³/mol. The van der Waals surface area contributed by atoms with Crippen molar-refractivity contribution in [3.63, 3.8) is 0 Å². The molecule has 0 atom stereocenters. The Bertz CT molecular complexity index is 3200. The summed E-state index contributed by atoms with van der Waals surface area (Å²) in [6.45, 7) is 46.6. The minimum Gasteiger partial charge on any atom is -0.415 e. The van der Waals surface area contributed by atoms with Gasteiger partial charge in [-0.2, -0.15) is 0 Å². The van der Waals surface area contributed by atoms with E-state index in [1.54, 1.807) is 0 Å². The molecule has 0 saturated carbocycles. The fourth-order valence-electron chi connectivity index (χ4n) is 14.7. The van der Waals surface area contributed by atoms with Gasteiger partial charge in [0, 0.05) is 67.4 Å². The van der Waals surface area contributed by atoms with Crippen molar-refractivity contribution in [1.82, 2.24) is 9.80 Å². The minimum atomic E-state index is -3.54.